The van der Waals surface area contributed by atoms with Crippen LogP contribution in [-0.4, -0.2) is 74.7 Å². The third-order valence-electron chi connectivity index (χ3n) is 9.46. The minimum atomic E-state index is -3.76. The Morgan fingerprint density at radius 1 is 0.946 bits per heavy atom. The van der Waals surface area contributed by atoms with Crippen molar-refractivity contribution in [1.82, 2.24) is 15.2 Å². The first-order valence-corrected chi connectivity index (χ1v) is 19.7. The molecule has 1 fully saturated rings. The molecular weight excluding hydrogens is 742 g/mol. The van der Waals surface area contributed by atoms with E-state index in [1.807, 2.05) is 0 Å². The molecule has 7 rings (SSSR count). The highest BCUT2D eigenvalue weighted by Crippen LogP contribution is 2.42. The van der Waals surface area contributed by atoms with Gasteiger partial charge in [-0.3, -0.25) is 18.8 Å². The van der Waals surface area contributed by atoms with E-state index in [-0.39, 0.29) is 34.4 Å². The van der Waals surface area contributed by atoms with E-state index in [0.29, 0.717) is 63.8 Å². The molecule has 0 spiro atoms. The maximum atomic E-state index is 13.8. The van der Waals surface area contributed by atoms with Gasteiger partial charge in [-0.2, -0.15) is 0 Å². The Morgan fingerprint density at radius 3 is 2.38 bits per heavy atom. The zero-order valence-electron chi connectivity index (χ0n) is 31.6. The third kappa shape index (κ3) is 7.54. The smallest absolute Gasteiger partial charge is 0.410 e. The fourth-order valence-electron chi connectivity index (χ4n) is 6.71. The monoisotopic (exact) mass is 781 g/mol. The molecule has 3 amide bonds. The highest BCUT2D eigenvalue weighted by molar-refractivity contribution is 7.92. The molecule has 56 heavy (non-hydrogen) atoms. The topological polar surface area (TPSA) is 164 Å². The molecule has 0 saturated carbocycles. The number of hydrogen-bond acceptors (Lipinski definition) is 9. The van der Waals surface area contributed by atoms with Crippen molar-refractivity contribution in [2.75, 3.05) is 36.5 Å². The number of sulfonamides is 1. The van der Waals surface area contributed by atoms with Crippen molar-refractivity contribution in [1.29, 1.82) is 0 Å². The molecule has 0 unspecified atom stereocenters. The van der Waals surface area contributed by atoms with E-state index in [1.54, 1.807) is 75.4 Å². The van der Waals surface area contributed by atoms with Gasteiger partial charge in [-0.25, -0.2) is 22.6 Å². The summed E-state index contributed by atoms with van der Waals surface area (Å²) in [6, 6.07) is 20.3. The number of nitrogens with zero attached hydrogens (tertiary/aromatic N) is 3. The molecule has 0 radical (unpaired) electrons. The van der Waals surface area contributed by atoms with Gasteiger partial charge in [-0.1, -0.05) is 12.1 Å². The first-order chi connectivity index (χ1) is 26.5. The van der Waals surface area contributed by atoms with Gasteiger partial charge in [0.05, 0.1) is 17.5 Å². The molecule has 1 aliphatic rings. The molecule has 290 valence electrons. The van der Waals surface area contributed by atoms with E-state index in [1.165, 1.54) is 43.3 Å². The van der Waals surface area contributed by atoms with Crippen molar-refractivity contribution in [2.45, 2.75) is 45.3 Å². The average Bonchev–Trinajstić information content (AvgIpc) is 3.90. The number of aromatic nitrogens is 1. The van der Waals surface area contributed by atoms with E-state index < -0.39 is 39.5 Å². The quantitative estimate of drug-likeness (QED) is 0.157. The number of oxazole rings is 1. The van der Waals surface area contributed by atoms with E-state index >= 15 is 0 Å². The van der Waals surface area contributed by atoms with E-state index in [2.05, 4.69) is 15.6 Å². The number of nitrogens with one attached hydrogen (secondary N) is 2. The van der Waals surface area contributed by atoms with Crippen molar-refractivity contribution >= 4 is 61.4 Å². The number of halogens is 1. The molecule has 2 N–H and O–H groups in total. The summed E-state index contributed by atoms with van der Waals surface area (Å²) in [7, 11) is -0.857. The lowest BCUT2D eigenvalue weighted by Crippen LogP contribution is -2.45. The Hall–Kier alpha value is -6.22. The zero-order chi connectivity index (χ0) is 40.1. The summed E-state index contributed by atoms with van der Waals surface area (Å²) in [5.74, 6) is -0.774. The second-order valence-electron chi connectivity index (χ2n) is 14.6. The van der Waals surface area contributed by atoms with Crippen LogP contribution in [0.15, 0.2) is 87.7 Å². The lowest BCUT2D eigenvalue weighted by atomic mass is 9.97. The van der Waals surface area contributed by atoms with Crippen LogP contribution in [0, 0.1) is 5.82 Å². The zero-order valence-corrected chi connectivity index (χ0v) is 32.4. The summed E-state index contributed by atoms with van der Waals surface area (Å²) in [5, 5.41) is 5.95. The van der Waals surface area contributed by atoms with Gasteiger partial charge in [0.2, 0.25) is 21.8 Å². The van der Waals surface area contributed by atoms with Gasteiger partial charge < -0.3 is 24.2 Å². The third-order valence-corrected chi connectivity index (χ3v) is 10.7. The molecule has 15 heteroatoms. The van der Waals surface area contributed by atoms with Gasteiger partial charge in [-0.15, -0.1) is 0 Å². The number of carbonyl (C=O) groups is 3. The standard InChI is InChI=1S/C41H40FN5O8S/c1-41(2,3)55-40(50)47-18-8-11-31(47)37(48)44-27-16-17-30-34(20-27)54-39(45-30)25-10-7-9-24(19-25)28-21-29-33(22-32(28)46(5)56(6,51)52)53-36(35(29)38(49)43-4)23-12-14-26(42)15-13-23/h7,9-10,12-17,19-22,31H,8,11,18H2,1-6H3,(H,43,49)(H,44,48)/t31-/m0/s1. The number of hydrogen-bond donors (Lipinski definition) is 2. The Kier molecular flexibility index (Phi) is 9.83. The van der Waals surface area contributed by atoms with Gasteiger partial charge >= 0.3 is 6.09 Å². The first-order valence-electron chi connectivity index (χ1n) is 17.8. The highest BCUT2D eigenvalue weighted by atomic mass is 32.2. The minimum Gasteiger partial charge on any atom is -0.455 e. The predicted molar refractivity (Wildman–Crippen MR) is 211 cm³/mol. The van der Waals surface area contributed by atoms with Crippen molar-refractivity contribution in [2.24, 2.45) is 0 Å². The number of likely N-dealkylation sites (tertiary alicyclic amines) is 1. The van der Waals surface area contributed by atoms with Crippen LogP contribution in [0.4, 0.5) is 20.6 Å². The van der Waals surface area contributed by atoms with Crippen molar-refractivity contribution in [3.63, 3.8) is 0 Å². The Labute approximate surface area is 322 Å². The number of benzene rings is 4. The Morgan fingerprint density at radius 2 is 1.68 bits per heavy atom. The molecule has 0 bridgehead atoms. The van der Waals surface area contributed by atoms with Crippen molar-refractivity contribution < 1.29 is 40.8 Å². The molecule has 2 aromatic heterocycles. The minimum absolute atomic E-state index is 0.198. The van der Waals surface area contributed by atoms with Gasteiger partial charge in [0.25, 0.3) is 5.91 Å². The summed E-state index contributed by atoms with van der Waals surface area (Å²) in [4.78, 5) is 45.5. The number of rotatable bonds is 8. The van der Waals surface area contributed by atoms with Gasteiger partial charge in [0.15, 0.2) is 5.58 Å². The Bertz CT molecular complexity index is 2630. The summed E-state index contributed by atoms with van der Waals surface area (Å²) in [5.41, 5.74) is 3.53. The molecule has 1 atom stereocenters. The van der Waals surface area contributed by atoms with Gasteiger partial charge in [0.1, 0.15) is 34.3 Å². The van der Waals surface area contributed by atoms with Crippen LogP contribution in [0.5, 0.6) is 0 Å². The SMILES string of the molecule is CNC(=O)c1c(-c2ccc(F)cc2)oc2cc(N(C)S(C)(=O)=O)c(-c3cccc(-c4nc5ccc(NC(=O)[C@@H]6CCCN6C(=O)OC(C)(C)C)cc5o4)c3)cc12. The number of ether oxygens (including phenoxy) is 1. The number of furan rings is 1. The van der Waals surface area contributed by atoms with Gasteiger partial charge in [-0.05, 0) is 93.8 Å². The number of fused-ring (bicyclic) bond motifs is 2. The Balaban J connectivity index is 1.24. The van der Waals surface area contributed by atoms with Crippen molar-refractivity contribution in [3.8, 4) is 33.9 Å². The van der Waals surface area contributed by atoms with E-state index in [0.717, 1.165) is 10.6 Å². The number of amides is 3. The highest BCUT2D eigenvalue weighted by Gasteiger charge is 2.37. The molecule has 1 aliphatic heterocycles. The summed E-state index contributed by atoms with van der Waals surface area (Å²) in [6.07, 6.45) is 1.73. The number of anilines is 2. The van der Waals surface area contributed by atoms with E-state index in [9.17, 15) is 27.2 Å². The van der Waals surface area contributed by atoms with Gasteiger partial charge in [0, 0.05) is 60.5 Å². The lowest BCUT2D eigenvalue weighted by Gasteiger charge is -2.28. The first kappa shape index (κ1) is 38.1. The van der Waals surface area contributed by atoms with Crippen LogP contribution in [0.25, 0.3) is 56.0 Å². The second-order valence-corrected chi connectivity index (χ2v) is 16.6. The van der Waals surface area contributed by atoms with Crippen LogP contribution in [0.2, 0.25) is 0 Å². The van der Waals surface area contributed by atoms with Crippen molar-refractivity contribution in [3.05, 3.63) is 90.2 Å². The molecular formula is C41H40FN5O8S. The molecule has 4 aromatic carbocycles. The van der Waals surface area contributed by atoms with Crippen LogP contribution in [0.3, 0.4) is 0 Å². The molecule has 0 aliphatic carbocycles. The molecule has 6 aromatic rings. The summed E-state index contributed by atoms with van der Waals surface area (Å²) >= 11 is 0. The fraction of sp³-hybridized carbons (Fsp3) is 0.268. The average molecular weight is 782 g/mol. The van der Waals surface area contributed by atoms with Crippen LogP contribution in [-0.2, 0) is 19.6 Å². The normalized spacial score (nSPS) is 14.6. The fourth-order valence-corrected chi connectivity index (χ4v) is 7.22. The predicted octanol–water partition coefficient (Wildman–Crippen LogP) is 7.81. The number of carbonyl (C=O) groups excluding carboxylic acids is 3. The summed E-state index contributed by atoms with van der Waals surface area (Å²) in [6.45, 7) is 5.75. The van der Waals surface area contributed by atoms with Crippen LogP contribution < -0.4 is 14.9 Å². The lowest BCUT2D eigenvalue weighted by molar-refractivity contribution is -0.120. The molecule has 1 saturated heterocycles. The molecule has 13 nitrogen and oxygen atoms in total. The second kappa shape index (κ2) is 14.5. The van der Waals surface area contributed by atoms with Crippen LogP contribution >= 0.6 is 0 Å². The maximum Gasteiger partial charge on any atom is 0.410 e. The largest absolute Gasteiger partial charge is 0.455 e. The summed E-state index contributed by atoms with van der Waals surface area (Å²) < 4.78 is 58.6. The maximum absolute atomic E-state index is 13.8. The van der Waals surface area contributed by atoms with E-state index in [4.69, 9.17) is 13.6 Å². The molecule has 3 heterocycles. The van der Waals surface area contributed by atoms with Crippen LogP contribution in [0.1, 0.15) is 44.0 Å².